The standard InChI is InChI=1S/C19H18N2O2/c1-14(22)20-17(13-15-7-3-2-4-8-15)19(23)21-12-11-16-9-5-6-10-18(16)21/h2-10,13H,11-12H2,1H3,(H,20,22). The van der Waals surface area contributed by atoms with Crippen LogP contribution in [0.15, 0.2) is 60.3 Å². The number of rotatable bonds is 3. The van der Waals surface area contributed by atoms with Gasteiger partial charge in [0.25, 0.3) is 5.91 Å². The number of anilines is 1. The molecule has 0 atom stereocenters. The quantitative estimate of drug-likeness (QED) is 0.887. The fraction of sp³-hybridized carbons (Fsp3) is 0.158. The van der Waals surface area contributed by atoms with Gasteiger partial charge in [-0.3, -0.25) is 9.59 Å². The van der Waals surface area contributed by atoms with Crippen molar-refractivity contribution < 1.29 is 9.59 Å². The number of amides is 2. The van der Waals surface area contributed by atoms with Crippen molar-refractivity contribution in [2.75, 3.05) is 11.4 Å². The molecule has 0 bridgehead atoms. The number of hydrogen-bond donors (Lipinski definition) is 1. The third-order valence-electron chi connectivity index (χ3n) is 3.78. The van der Waals surface area contributed by atoms with Crippen LogP contribution in [-0.4, -0.2) is 18.4 Å². The van der Waals surface area contributed by atoms with Gasteiger partial charge in [-0.25, -0.2) is 0 Å². The molecule has 0 spiro atoms. The zero-order valence-corrected chi connectivity index (χ0v) is 13.0. The highest BCUT2D eigenvalue weighted by Crippen LogP contribution is 2.28. The summed E-state index contributed by atoms with van der Waals surface area (Å²) in [6.45, 7) is 2.04. The first kappa shape index (κ1) is 15.0. The summed E-state index contributed by atoms with van der Waals surface area (Å²) < 4.78 is 0. The van der Waals surface area contributed by atoms with Gasteiger partial charge in [-0.2, -0.15) is 0 Å². The molecule has 2 amide bonds. The van der Waals surface area contributed by atoms with Gasteiger partial charge in [0.1, 0.15) is 5.70 Å². The van der Waals surface area contributed by atoms with Gasteiger partial charge in [0.05, 0.1) is 0 Å². The topological polar surface area (TPSA) is 49.4 Å². The summed E-state index contributed by atoms with van der Waals surface area (Å²) in [4.78, 5) is 26.1. The van der Waals surface area contributed by atoms with Gasteiger partial charge in [-0.05, 0) is 29.7 Å². The summed E-state index contributed by atoms with van der Waals surface area (Å²) in [5.41, 5.74) is 3.24. The van der Waals surface area contributed by atoms with Crippen molar-refractivity contribution in [1.29, 1.82) is 0 Å². The van der Waals surface area contributed by atoms with Crippen LogP contribution in [0.5, 0.6) is 0 Å². The number of hydrogen-bond acceptors (Lipinski definition) is 2. The van der Waals surface area contributed by atoms with E-state index in [1.54, 1.807) is 11.0 Å². The predicted molar refractivity (Wildman–Crippen MR) is 90.7 cm³/mol. The molecule has 0 aromatic heterocycles. The van der Waals surface area contributed by atoms with E-state index in [0.717, 1.165) is 23.2 Å². The third kappa shape index (κ3) is 3.31. The fourth-order valence-electron chi connectivity index (χ4n) is 2.75. The molecule has 1 heterocycles. The van der Waals surface area contributed by atoms with E-state index < -0.39 is 0 Å². The van der Waals surface area contributed by atoms with Crippen molar-refractivity contribution in [3.8, 4) is 0 Å². The molecule has 0 fully saturated rings. The lowest BCUT2D eigenvalue weighted by Gasteiger charge is -2.19. The molecule has 2 aromatic rings. The molecule has 1 N–H and O–H groups in total. The normalized spacial score (nSPS) is 13.6. The lowest BCUT2D eigenvalue weighted by molar-refractivity contribution is -0.121. The van der Waals surface area contributed by atoms with Crippen LogP contribution in [0.4, 0.5) is 5.69 Å². The lowest BCUT2D eigenvalue weighted by Crippen LogP contribution is -2.36. The first-order chi connectivity index (χ1) is 11.1. The highest BCUT2D eigenvalue weighted by Gasteiger charge is 2.26. The molecule has 0 aliphatic carbocycles. The monoisotopic (exact) mass is 306 g/mol. The molecule has 0 saturated carbocycles. The summed E-state index contributed by atoms with van der Waals surface area (Å²) in [5, 5.41) is 2.67. The highest BCUT2D eigenvalue weighted by molar-refractivity contribution is 6.10. The average molecular weight is 306 g/mol. The van der Waals surface area contributed by atoms with Gasteiger partial charge in [0.2, 0.25) is 5.91 Å². The van der Waals surface area contributed by atoms with Gasteiger partial charge in [0.15, 0.2) is 0 Å². The Kier molecular flexibility index (Phi) is 4.24. The third-order valence-corrected chi connectivity index (χ3v) is 3.78. The van der Waals surface area contributed by atoms with Crippen molar-refractivity contribution in [2.24, 2.45) is 0 Å². The Hall–Kier alpha value is -2.88. The molecule has 2 aromatic carbocycles. The van der Waals surface area contributed by atoms with Gasteiger partial charge in [0, 0.05) is 19.2 Å². The minimum Gasteiger partial charge on any atom is -0.322 e. The smallest absolute Gasteiger partial charge is 0.274 e. The number of carbonyl (C=O) groups is 2. The number of fused-ring (bicyclic) bond motifs is 1. The molecule has 116 valence electrons. The maximum Gasteiger partial charge on any atom is 0.274 e. The van der Waals surface area contributed by atoms with Crippen molar-refractivity contribution in [3.05, 3.63) is 71.4 Å². The van der Waals surface area contributed by atoms with Crippen LogP contribution in [0.1, 0.15) is 18.1 Å². The molecule has 1 aliphatic heterocycles. The Bertz CT molecular complexity index is 766. The first-order valence-corrected chi connectivity index (χ1v) is 7.59. The number of nitrogens with zero attached hydrogens (tertiary/aromatic N) is 1. The predicted octanol–water partition coefficient (Wildman–Crippen LogP) is 2.75. The van der Waals surface area contributed by atoms with Crippen molar-refractivity contribution in [1.82, 2.24) is 5.32 Å². The van der Waals surface area contributed by atoms with E-state index in [0.29, 0.717) is 12.2 Å². The van der Waals surface area contributed by atoms with Crippen LogP contribution >= 0.6 is 0 Å². The van der Waals surface area contributed by atoms with E-state index in [2.05, 4.69) is 5.32 Å². The zero-order valence-electron chi connectivity index (χ0n) is 13.0. The Morgan fingerprint density at radius 2 is 1.74 bits per heavy atom. The van der Waals surface area contributed by atoms with Gasteiger partial charge >= 0.3 is 0 Å². The first-order valence-electron chi connectivity index (χ1n) is 7.59. The SMILES string of the molecule is CC(=O)NC(=Cc1ccccc1)C(=O)N1CCc2ccccc21. The van der Waals surface area contributed by atoms with E-state index in [9.17, 15) is 9.59 Å². The van der Waals surface area contributed by atoms with E-state index in [1.807, 2.05) is 54.6 Å². The van der Waals surface area contributed by atoms with Crippen LogP contribution < -0.4 is 10.2 Å². The molecular formula is C19H18N2O2. The minimum atomic E-state index is -0.256. The Labute approximate surface area is 135 Å². The molecule has 4 heteroatoms. The van der Waals surface area contributed by atoms with E-state index in [4.69, 9.17) is 0 Å². The Balaban J connectivity index is 1.93. The van der Waals surface area contributed by atoms with E-state index in [-0.39, 0.29) is 11.8 Å². The largest absolute Gasteiger partial charge is 0.322 e. The van der Waals surface area contributed by atoms with Crippen molar-refractivity contribution in [3.63, 3.8) is 0 Å². The molecule has 4 nitrogen and oxygen atoms in total. The highest BCUT2D eigenvalue weighted by atomic mass is 16.2. The van der Waals surface area contributed by atoms with Crippen LogP contribution in [0.25, 0.3) is 6.08 Å². The minimum absolute atomic E-state index is 0.186. The van der Waals surface area contributed by atoms with Gasteiger partial charge < -0.3 is 10.2 Å². The summed E-state index contributed by atoms with van der Waals surface area (Å²) in [6.07, 6.45) is 2.55. The molecule has 3 rings (SSSR count). The van der Waals surface area contributed by atoms with Crippen molar-refractivity contribution >= 4 is 23.6 Å². The molecular weight excluding hydrogens is 288 g/mol. The zero-order chi connectivity index (χ0) is 16.2. The summed E-state index contributed by atoms with van der Waals surface area (Å²) in [6, 6.07) is 17.4. The van der Waals surface area contributed by atoms with Gasteiger partial charge in [-0.1, -0.05) is 48.5 Å². The van der Waals surface area contributed by atoms with Crippen LogP contribution in [-0.2, 0) is 16.0 Å². The molecule has 0 unspecified atom stereocenters. The number of para-hydroxylation sites is 1. The van der Waals surface area contributed by atoms with Crippen molar-refractivity contribution in [2.45, 2.75) is 13.3 Å². The summed E-state index contributed by atoms with van der Waals surface area (Å²) in [7, 11) is 0. The number of nitrogens with one attached hydrogen (secondary N) is 1. The molecule has 23 heavy (non-hydrogen) atoms. The lowest BCUT2D eigenvalue weighted by atomic mass is 10.1. The summed E-state index contributed by atoms with van der Waals surface area (Å²) in [5.74, 6) is -0.443. The summed E-state index contributed by atoms with van der Waals surface area (Å²) >= 11 is 0. The Morgan fingerprint density at radius 3 is 2.48 bits per heavy atom. The molecule has 0 radical (unpaired) electrons. The van der Waals surface area contributed by atoms with Crippen LogP contribution in [0.2, 0.25) is 0 Å². The van der Waals surface area contributed by atoms with E-state index >= 15 is 0 Å². The second kappa shape index (κ2) is 6.48. The van der Waals surface area contributed by atoms with E-state index in [1.165, 1.54) is 6.92 Å². The van der Waals surface area contributed by atoms with Crippen LogP contribution in [0, 0.1) is 0 Å². The van der Waals surface area contributed by atoms with Gasteiger partial charge in [-0.15, -0.1) is 0 Å². The fourth-order valence-corrected chi connectivity index (χ4v) is 2.75. The molecule has 1 aliphatic rings. The number of benzene rings is 2. The molecule has 0 saturated heterocycles. The second-order valence-corrected chi connectivity index (χ2v) is 5.49. The maximum atomic E-state index is 12.9. The Morgan fingerprint density at radius 1 is 1.04 bits per heavy atom. The van der Waals surface area contributed by atoms with Crippen LogP contribution in [0.3, 0.4) is 0 Å². The maximum absolute atomic E-state index is 12.9. The second-order valence-electron chi connectivity index (χ2n) is 5.49. The average Bonchev–Trinajstić information content (AvgIpc) is 2.98. The number of carbonyl (C=O) groups excluding carboxylic acids is 2.